The molecule has 2 rings (SSSR count). The van der Waals surface area contributed by atoms with Crippen LogP contribution in [-0.2, 0) is 6.18 Å². The molecular formula is C14H16ClF3N4O. The second-order valence-corrected chi connectivity index (χ2v) is 4.79. The summed E-state index contributed by atoms with van der Waals surface area (Å²) in [6.45, 7) is 2.00. The predicted octanol–water partition coefficient (Wildman–Crippen LogP) is 2.39. The van der Waals surface area contributed by atoms with Crippen LogP contribution in [0.4, 0.5) is 13.2 Å². The first-order chi connectivity index (χ1) is 10.3. The molecule has 1 amide bonds. The van der Waals surface area contributed by atoms with Gasteiger partial charge in [-0.1, -0.05) is 6.07 Å². The predicted molar refractivity (Wildman–Crippen MR) is 81.8 cm³/mol. The summed E-state index contributed by atoms with van der Waals surface area (Å²) < 4.78 is 39.4. The SMILES string of the molecule is C[C@@H](CN)NC(=O)c1cccc(-n2nccc2C(F)(F)F)c1.Cl. The van der Waals surface area contributed by atoms with Crippen molar-refractivity contribution in [1.29, 1.82) is 0 Å². The average Bonchev–Trinajstić information content (AvgIpc) is 2.96. The summed E-state index contributed by atoms with van der Waals surface area (Å²) in [5, 5.41) is 6.32. The van der Waals surface area contributed by atoms with E-state index in [0.29, 0.717) is 0 Å². The lowest BCUT2D eigenvalue weighted by atomic mass is 10.1. The molecule has 2 aromatic rings. The molecule has 1 aromatic heterocycles. The Labute approximate surface area is 137 Å². The summed E-state index contributed by atoms with van der Waals surface area (Å²) in [4.78, 5) is 12.0. The minimum atomic E-state index is -4.52. The van der Waals surface area contributed by atoms with E-state index in [2.05, 4.69) is 10.4 Å². The zero-order valence-corrected chi connectivity index (χ0v) is 13.0. The molecule has 0 bridgehead atoms. The second-order valence-electron chi connectivity index (χ2n) is 4.79. The van der Waals surface area contributed by atoms with E-state index in [4.69, 9.17) is 5.73 Å². The van der Waals surface area contributed by atoms with Gasteiger partial charge in [0.15, 0.2) is 0 Å². The van der Waals surface area contributed by atoms with Crippen molar-refractivity contribution in [3.8, 4) is 5.69 Å². The molecule has 1 heterocycles. The van der Waals surface area contributed by atoms with Crippen molar-refractivity contribution in [2.75, 3.05) is 6.54 Å². The van der Waals surface area contributed by atoms with Crippen LogP contribution in [0.1, 0.15) is 23.0 Å². The van der Waals surface area contributed by atoms with Gasteiger partial charge in [0, 0.05) is 18.2 Å². The summed E-state index contributed by atoms with van der Waals surface area (Å²) >= 11 is 0. The van der Waals surface area contributed by atoms with Gasteiger partial charge in [-0.25, -0.2) is 4.68 Å². The molecule has 0 saturated heterocycles. The Kier molecular flexibility index (Phi) is 6.17. The minimum absolute atomic E-state index is 0. The second kappa shape index (κ2) is 7.47. The third kappa shape index (κ3) is 4.46. The van der Waals surface area contributed by atoms with Gasteiger partial charge in [-0.3, -0.25) is 4.79 Å². The van der Waals surface area contributed by atoms with Crippen molar-refractivity contribution in [2.24, 2.45) is 5.73 Å². The molecular weight excluding hydrogens is 333 g/mol. The molecule has 1 atom stereocenters. The van der Waals surface area contributed by atoms with Crippen LogP contribution in [0, 0.1) is 0 Å². The third-order valence-corrected chi connectivity index (χ3v) is 3.02. The number of amides is 1. The van der Waals surface area contributed by atoms with Gasteiger partial charge in [0.05, 0.1) is 11.9 Å². The van der Waals surface area contributed by atoms with Crippen molar-refractivity contribution in [2.45, 2.75) is 19.1 Å². The first-order valence-corrected chi connectivity index (χ1v) is 6.55. The molecule has 1 aromatic carbocycles. The Bertz CT molecular complexity index is 672. The van der Waals surface area contributed by atoms with Crippen molar-refractivity contribution in [1.82, 2.24) is 15.1 Å². The van der Waals surface area contributed by atoms with E-state index in [0.717, 1.165) is 16.9 Å². The summed E-state index contributed by atoms with van der Waals surface area (Å²) in [6.07, 6.45) is -3.46. The highest BCUT2D eigenvalue weighted by Crippen LogP contribution is 2.30. The van der Waals surface area contributed by atoms with Gasteiger partial charge in [0.2, 0.25) is 0 Å². The Morgan fingerprint density at radius 1 is 1.39 bits per heavy atom. The fourth-order valence-electron chi connectivity index (χ4n) is 1.87. The van der Waals surface area contributed by atoms with Crippen LogP contribution < -0.4 is 11.1 Å². The van der Waals surface area contributed by atoms with Gasteiger partial charge in [-0.05, 0) is 31.2 Å². The molecule has 3 N–H and O–H groups in total. The number of alkyl halides is 3. The summed E-state index contributed by atoms with van der Waals surface area (Å²) in [6, 6.07) is 6.46. The normalized spacial score (nSPS) is 12.4. The summed E-state index contributed by atoms with van der Waals surface area (Å²) in [5.74, 6) is -0.402. The Morgan fingerprint density at radius 2 is 2.09 bits per heavy atom. The van der Waals surface area contributed by atoms with E-state index in [1.165, 1.54) is 24.3 Å². The minimum Gasteiger partial charge on any atom is -0.348 e. The van der Waals surface area contributed by atoms with E-state index in [-0.39, 0.29) is 36.2 Å². The molecule has 5 nitrogen and oxygen atoms in total. The number of hydrogen-bond acceptors (Lipinski definition) is 3. The first-order valence-electron chi connectivity index (χ1n) is 6.55. The zero-order valence-electron chi connectivity index (χ0n) is 12.2. The van der Waals surface area contributed by atoms with Crippen molar-refractivity contribution >= 4 is 18.3 Å². The highest BCUT2D eigenvalue weighted by atomic mass is 35.5. The number of rotatable bonds is 4. The van der Waals surface area contributed by atoms with Crippen LogP contribution in [0.25, 0.3) is 5.69 Å². The van der Waals surface area contributed by atoms with E-state index in [9.17, 15) is 18.0 Å². The topological polar surface area (TPSA) is 72.9 Å². The zero-order chi connectivity index (χ0) is 16.3. The van der Waals surface area contributed by atoms with Gasteiger partial charge in [-0.2, -0.15) is 18.3 Å². The fraction of sp³-hybridized carbons (Fsp3) is 0.286. The number of halogens is 4. The monoisotopic (exact) mass is 348 g/mol. The molecule has 9 heteroatoms. The average molecular weight is 349 g/mol. The molecule has 0 unspecified atom stereocenters. The van der Waals surface area contributed by atoms with Gasteiger partial charge < -0.3 is 11.1 Å². The van der Waals surface area contributed by atoms with Gasteiger partial charge in [0.25, 0.3) is 5.91 Å². The van der Waals surface area contributed by atoms with Crippen LogP contribution in [-0.4, -0.2) is 28.3 Å². The molecule has 0 spiro atoms. The van der Waals surface area contributed by atoms with Crippen LogP contribution in [0.15, 0.2) is 36.5 Å². The molecule has 0 fully saturated rings. The smallest absolute Gasteiger partial charge is 0.348 e. The summed E-state index contributed by atoms with van der Waals surface area (Å²) in [7, 11) is 0. The van der Waals surface area contributed by atoms with Crippen LogP contribution in [0.3, 0.4) is 0 Å². The molecule has 0 radical (unpaired) electrons. The molecule has 126 valence electrons. The number of carbonyl (C=O) groups is 1. The molecule has 0 aliphatic carbocycles. The van der Waals surface area contributed by atoms with Crippen molar-refractivity contribution < 1.29 is 18.0 Å². The fourth-order valence-corrected chi connectivity index (χ4v) is 1.87. The highest BCUT2D eigenvalue weighted by molar-refractivity contribution is 5.94. The molecule has 0 aliphatic heterocycles. The number of nitrogens with zero attached hydrogens (tertiary/aromatic N) is 2. The number of nitrogens with one attached hydrogen (secondary N) is 1. The third-order valence-electron chi connectivity index (χ3n) is 3.02. The highest BCUT2D eigenvalue weighted by Gasteiger charge is 2.35. The quantitative estimate of drug-likeness (QED) is 0.891. The first kappa shape index (κ1) is 19.0. The van der Waals surface area contributed by atoms with Crippen LogP contribution >= 0.6 is 12.4 Å². The maximum absolute atomic E-state index is 12.9. The number of benzene rings is 1. The molecule has 23 heavy (non-hydrogen) atoms. The maximum Gasteiger partial charge on any atom is 0.433 e. The van der Waals surface area contributed by atoms with E-state index < -0.39 is 17.8 Å². The van der Waals surface area contributed by atoms with Crippen LogP contribution in [0.2, 0.25) is 0 Å². The largest absolute Gasteiger partial charge is 0.433 e. The Hall–Kier alpha value is -2.06. The van der Waals surface area contributed by atoms with Gasteiger partial charge in [-0.15, -0.1) is 12.4 Å². The molecule has 0 saturated carbocycles. The van der Waals surface area contributed by atoms with Gasteiger partial charge in [0.1, 0.15) is 5.69 Å². The lowest BCUT2D eigenvalue weighted by Crippen LogP contribution is -2.37. The lowest BCUT2D eigenvalue weighted by Gasteiger charge is -2.13. The number of aromatic nitrogens is 2. The number of nitrogens with two attached hydrogens (primary N) is 1. The van der Waals surface area contributed by atoms with Crippen molar-refractivity contribution in [3.63, 3.8) is 0 Å². The molecule has 0 aliphatic rings. The van der Waals surface area contributed by atoms with E-state index in [1.807, 2.05) is 0 Å². The van der Waals surface area contributed by atoms with E-state index in [1.54, 1.807) is 6.92 Å². The number of carbonyl (C=O) groups excluding carboxylic acids is 1. The summed E-state index contributed by atoms with van der Waals surface area (Å²) in [5.41, 5.74) is 4.91. The van der Waals surface area contributed by atoms with Crippen LogP contribution in [0.5, 0.6) is 0 Å². The maximum atomic E-state index is 12.9. The van der Waals surface area contributed by atoms with Crippen molar-refractivity contribution in [3.05, 3.63) is 47.8 Å². The Balaban J connectivity index is 0.00000264. The Morgan fingerprint density at radius 3 is 2.70 bits per heavy atom. The lowest BCUT2D eigenvalue weighted by molar-refractivity contribution is -0.142. The van der Waals surface area contributed by atoms with Gasteiger partial charge >= 0.3 is 6.18 Å². The van der Waals surface area contributed by atoms with E-state index >= 15 is 0 Å². The number of hydrogen-bond donors (Lipinski definition) is 2. The standard InChI is InChI=1S/C14H15F3N4O.ClH/c1-9(8-18)20-13(22)10-3-2-4-11(7-10)21-12(5-6-19-21)14(15,16)17;/h2-7,9H,8,18H2,1H3,(H,20,22);1H/t9-;/m0./s1.